The first-order valence-electron chi connectivity index (χ1n) is 12.9. The summed E-state index contributed by atoms with van der Waals surface area (Å²) in [7, 11) is 0. The van der Waals surface area contributed by atoms with Crippen LogP contribution in [0, 0.1) is 5.41 Å². The van der Waals surface area contributed by atoms with Crippen molar-refractivity contribution in [1.29, 1.82) is 0 Å². The Bertz CT molecular complexity index is 1320. The van der Waals surface area contributed by atoms with Gasteiger partial charge in [0.1, 0.15) is 18.5 Å². The summed E-state index contributed by atoms with van der Waals surface area (Å²) in [5.41, 5.74) is 7.25. The van der Waals surface area contributed by atoms with Crippen molar-refractivity contribution in [2.24, 2.45) is 5.41 Å². The van der Waals surface area contributed by atoms with Gasteiger partial charge in [-0.3, -0.25) is 14.9 Å². The number of benzene rings is 3. The van der Waals surface area contributed by atoms with Crippen molar-refractivity contribution in [2.75, 3.05) is 24.3 Å². The molecule has 0 unspecified atom stereocenters. The number of alkyl carbamates (subject to hydrolysis) is 1. The summed E-state index contributed by atoms with van der Waals surface area (Å²) in [4.78, 5) is 37.7. The van der Waals surface area contributed by atoms with Gasteiger partial charge in [-0.25, -0.2) is 4.79 Å². The summed E-state index contributed by atoms with van der Waals surface area (Å²) in [5, 5.41) is 14.1. The molecule has 9 nitrogen and oxygen atoms in total. The molecule has 3 amide bonds. The molecular formula is C31H35N3O6. The first kappa shape index (κ1) is 29.9. The SMILES string of the molecule is CC(C)(CC/C=C/C(=O)Nc1ccccc1N)[C@@H](OC(=O)NC(=O)c1ccccc1)c1cccc(OCCO)c1. The Kier molecular flexibility index (Phi) is 10.8. The molecule has 0 bridgehead atoms. The molecule has 210 valence electrons. The van der Waals surface area contributed by atoms with Crippen molar-refractivity contribution < 1.29 is 29.0 Å². The van der Waals surface area contributed by atoms with Gasteiger partial charge in [0.15, 0.2) is 0 Å². The van der Waals surface area contributed by atoms with Crippen molar-refractivity contribution in [1.82, 2.24) is 5.32 Å². The molecule has 0 aliphatic carbocycles. The van der Waals surface area contributed by atoms with Crippen LogP contribution in [-0.2, 0) is 9.53 Å². The van der Waals surface area contributed by atoms with Crippen LogP contribution < -0.4 is 21.1 Å². The molecule has 5 N–H and O–H groups in total. The van der Waals surface area contributed by atoms with Gasteiger partial charge in [0.25, 0.3) is 5.91 Å². The summed E-state index contributed by atoms with van der Waals surface area (Å²) in [6.07, 6.45) is 2.58. The third-order valence-electron chi connectivity index (χ3n) is 6.15. The van der Waals surface area contributed by atoms with E-state index in [1.165, 1.54) is 6.08 Å². The van der Waals surface area contributed by atoms with E-state index in [2.05, 4.69) is 10.6 Å². The molecule has 0 heterocycles. The quantitative estimate of drug-likeness (QED) is 0.180. The highest BCUT2D eigenvalue weighted by Gasteiger charge is 2.34. The highest BCUT2D eigenvalue weighted by atomic mass is 16.6. The number of allylic oxidation sites excluding steroid dienone is 1. The molecule has 0 radical (unpaired) electrons. The Morgan fingerprint density at radius 1 is 1.00 bits per heavy atom. The van der Waals surface area contributed by atoms with E-state index in [1.807, 2.05) is 13.8 Å². The van der Waals surface area contributed by atoms with Crippen LogP contribution in [0.15, 0.2) is 91.0 Å². The molecule has 3 aromatic carbocycles. The number of para-hydroxylation sites is 2. The maximum atomic E-state index is 12.8. The lowest BCUT2D eigenvalue weighted by Crippen LogP contribution is -2.35. The number of imide groups is 1. The van der Waals surface area contributed by atoms with E-state index in [4.69, 9.17) is 20.3 Å². The average molecular weight is 546 g/mol. The third kappa shape index (κ3) is 8.99. The van der Waals surface area contributed by atoms with E-state index >= 15 is 0 Å². The third-order valence-corrected chi connectivity index (χ3v) is 6.15. The smallest absolute Gasteiger partial charge is 0.414 e. The zero-order valence-electron chi connectivity index (χ0n) is 22.6. The van der Waals surface area contributed by atoms with E-state index in [0.717, 1.165) is 0 Å². The number of carbonyl (C=O) groups is 3. The Balaban J connectivity index is 1.72. The zero-order valence-corrected chi connectivity index (χ0v) is 22.6. The lowest BCUT2D eigenvalue weighted by molar-refractivity contribution is -0.111. The number of anilines is 2. The molecule has 0 aromatic heterocycles. The van der Waals surface area contributed by atoms with E-state index in [0.29, 0.717) is 41.1 Å². The Morgan fingerprint density at radius 3 is 2.45 bits per heavy atom. The lowest BCUT2D eigenvalue weighted by atomic mass is 9.78. The monoisotopic (exact) mass is 545 g/mol. The molecule has 3 rings (SSSR count). The molecule has 0 fully saturated rings. The van der Waals surface area contributed by atoms with Gasteiger partial charge in [-0.1, -0.05) is 62.4 Å². The number of ether oxygens (including phenoxy) is 2. The number of amides is 3. The predicted molar refractivity (Wildman–Crippen MR) is 154 cm³/mol. The van der Waals surface area contributed by atoms with E-state index < -0.39 is 23.5 Å². The van der Waals surface area contributed by atoms with Gasteiger partial charge in [0.05, 0.1) is 18.0 Å². The van der Waals surface area contributed by atoms with Gasteiger partial charge in [0, 0.05) is 11.0 Å². The van der Waals surface area contributed by atoms with Gasteiger partial charge < -0.3 is 25.6 Å². The summed E-state index contributed by atoms with van der Waals surface area (Å²) in [6, 6.07) is 22.4. The standard InChI is InChI=1S/C31H35N3O6/c1-31(2,18-9-8-17-27(36)33-26-16-7-6-15-25(26)32)28(23-13-10-14-24(21-23)39-20-19-35)40-30(38)34-29(37)22-11-4-3-5-12-22/h3-8,10-17,21,28,35H,9,18-20,32H2,1-2H3,(H,33,36)(H,34,37,38)/b17-8+/t28-/m0/s1. The van der Waals surface area contributed by atoms with Gasteiger partial charge in [-0.05, 0) is 60.9 Å². The van der Waals surface area contributed by atoms with Crippen LogP contribution >= 0.6 is 0 Å². The molecule has 3 aromatic rings. The Morgan fingerprint density at radius 2 is 1.73 bits per heavy atom. The van der Waals surface area contributed by atoms with Gasteiger partial charge >= 0.3 is 6.09 Å². The normalized spacial score (nSPS) is 12.0. The molecule has 1 atom stereocenters. The molecule has 0 aliphatic heterocycles. The first-order chi connectivity index (χ1) is 19.2. The van der Waals surface area contributed by atoms with Gasteiger partial charge in [-0.2, -0.15) is 0 Å². The lowest BCUT2D eigenvalue weighted by Gasteiger charge is -2.34. The van der Waals surface area contributed by atoms with Crippen LogP contribution in [-0.4, -0.2) is 36.2 Å². The number of hydrogen-bond donors (Lipinski definition) is 4. The summed E-state index contributed by atoms with van der Waals surface area (Å²) in [6.45, 7) is 3.84. The zero-order chi connectivity index (χ0) is 29.0. The van der Waals surface area contributed by atoms with Crippen molar-refractivity contribution >= 4 is 29.3 Å². The minimum atomic E-state index is -0.885. The topological polar surface area (TPSA) is 140 Å². The molecule has 9 heteroatoms. The molecule has 0 saturated carbocycles. The fourth-order valence-corrected chi connectivity index (χ4v) is 4.06. The van der Waals surface area contributed by atoms with Crippen molar-refractivity contribution in [3.63, 3.8) is 0 Å². The van der Waals surface area contributed by atoms with Gasteiger partial charge in [0.2, 0.25) is 5.91 Å². The maximum Gasteiger partial charge on any atom is 0.414 e. The number of nitrogens with two attached hydrogens (primary N) is 1. The summed E-state index contributed by atoms with van der Waals surface area (Å²) in [5.74, 6) is -0.375. The minimum Gasteiger partial charge on any atom is -0.491 e. The van der Waals surface area contributed by atoms with Crippen LogP contribution in [0.3, 0.4) is 0 Å². The predicted octanol–water partition coefficient (Wildman–Crippen LogP) is 5.25. The van der Waals surface area contributed by atoms with Crippen LogP contribution in [0.4, 0.5) is 16.2 Å². The Hall–Kier alpha value is -4.63. The second-order valence-electron chi connectivity index (χ2n) is 9.76. The van der Waals surface area contributed by atoms with Crippen molar-refractivity contribution in [2.45, 2.75) is 32.8 Å². The molecule has 0 spiro atoms. The number of carbonyl (C=O) groups excluding carboxylic acids is 3. The number of hydrogen-bond acceptors (Lipinski definition) is 7. The molecule has 0 saturated heterocycles. The summed E-state index contributed by atoms with van der Waals surface area (Å²) < 4.78 is 11.4. The van der Waals surface area contributed by atoms with E-state index in [9.17, 15) is 14.4 Å². The second-order valence-corrected chi connectivity index (χ2v) is 9.76. The van der Waals surface area contributed by atoms with Crippen LogP contribution in [0.5, 0.6) is 5.75 Å². The minimum absolute atomic E-state index is 0.117. The highest BCUT2D eigenvalue weighted by molar-refractivity contribution is 6.03. The molecule has 40 heavy (non-hydrogen) atoms. The first-order valence-corrected chi connectivity index (χ1v) is 12.9. The largest absolute Gasteiger partial charge is 0.491 e. The van der Waals surface area contributed by atoms with E-state index in [-0.39, 0.29) is 19.1 Å². The molecule has 0 aliphatic rings. The number of nitrogen functional groups attached to an aromatic ring is 1. The average Bonchev–Trinajstić information content (AvgIpc) is 2.94. The second kappa shape index (κ2) is 14.5. The van der Waals surface area contributed by atoms with Crippen molar-refractivity contribution in [3.8, 4) is 5.75 Å². The van der Waals surface area contributed by atoms with Crippen molar-refractivity contribution in [3.05, 3.63) is 102 Å². The molecular weight excluding hydrogens is 510 g/mol. The fourth-order valence-electron chi connectivity index (χ4n) is 4.06. The Labute approximate surface area is 234 Å². The van der Waals surface area contributed by atoms with Crippen LogP contribution in [0.2, 0.25) is 0 Å². The highest BCUT2D eigenvalue weighted by Crippen LogP contribution is 2.41. The number of aliphatic hydroxyl groups is 1. The number of rotatable bonds is 12. The van der Waals surface area contributed by atoms with Crippen LogP contribution in [0.25, 0.3) is 0 Å². The number of nitrogens with one attached hydrogen (secondary N) is 2. The number of aliphatic hydroxyl groups excluding tert-OH is 1. The van der Waals surface area contributed by atoms with E-state index in [1.54, 1.807) is 84.9 Å². The maximum absolute atomic E-state index is 12.8. The van der Waals surface area contributed by atoms with Crippen LogP contribution in [0.1, 0.15) is 48.7 Å². The summed E-state index contributed by atoms with van der Waals surface area (Å²) >= 11 is 0. The van der Waals surface area contributed by atoms with Gasteiger partial charge in [-0.15, -0.1) is 0 Å². The fraction of sp³-hybridized carbons (Fsp3) is 0.258.